The highest BCUT2D eigenvalue weighted by atomic mass is 79.9. The van der Waals surface area contributed by atoms with Crippen LogP contribution in [0.3, 0.4) is 0 Å². The molecule has 4 rings (SSSR count). The first kappa shape index (κ1) is 29.5. The number of amides is 3. The highest BCUT2D eigenvalue weighted by molar-refractivity contribution is 9.10. The number of unbranched alkanes of at least 4 members (excludes halogenated alkanes) is 2. The third-order valence-electron chi connectivity index (χ3n) is 6.24. The van der Waals surface area contributed by atoms with Crippen LogP contribution in [0.4, 0.5) is 21.0 Å². The molecule has 0 bridgehead atoms. The van der Waals surface area contributed by atoms with Gasteiger partial charge in [-0.2, -0.15) is 0 Å². The van der Waals surface area contributed by atoms with Crippen molar-refractivity contribution in [1.29, 1.82) is 0 Å². The Morgan fingerprint density at radius 2 is 1.66 bits per heavy atom. The van der Waals surface area contributed by atoms with Crippen LogP contribution >= 0.6 is 15.9 Å². The Balaban J connectivity index is 1.10. The number of halogens is 1. The fraction of sp³-hybridized carbons (Fsp3) is 0.226. The van der Waals surface area contributed by atoms with Gasteiger partial charge in [0, 0.05) is 22.6 Å². The number of alkyl carbamates (subject to hydrolysis) is 1. The molecule has 10 heteroatoms. The molecule has 0 saturated carbocycles. The van der Waals surface area contributed by atoms with Crippen LogP contribution in [0.1, 0.15) is 48.3 Å². The van der Waals surface area contributed by atoms with Gasteiger partial charge in [0.05, 0.1) is 18.0 Å². The van der Waals surface area contributed by atoms with E-state index in [4.69, 9.17) is 9.47 Å². The average Bonchev–Trinajstić information content (AvgIpc) is 2.98. The topological polar surface area (TPSA) is 119 Å². The molecule has 1 heterocycles. The molecule has 41 heavy (non-hydrogen) atoms. The molecule has 4 aromatic rings. The average molecular weight is 620 g/mol. The first-order valence-corrected chi connectivity index (χ1v) is 14.1. The van der Waals surface area contributed by atoms with Gasteiger partial charge in [0.25, 0.3) is 5.91 Å². The number of benzene rings is 3. The van der Waals surface area contributed by atoms with Crippen LogP contribution in [0.2, 0.25) is 0 Å². The summed E-state index contributed by atoms with van der Waals surface area (Å²) in [4.78, 5) is 40.8. The number of hydrogen-bond acceptors (Lipinski definition) is 6. The van der Waals surface area contributed by atoms with Crippen molar-refractivity contribution < 1.29 is 23.9 Å². The van der Waals surface area contributed by atoms with Crippen LogP contribution in [0.5, 0.6) is 0 Å². The standard InChI is InChI=1S/C31H31BrN4O5/c1-21(23-15-16-27(25(32)20-23)35-29(37)28-13-5-7-17-33-28)41-30(38)34-18-6-2-8-19-40-31(39)36-26-14-9-11-22-10-3-4-12-24(22)26/h3-5,7,9-17,20-21H,2,6,8,18-19H2,1H3,(H,34,38)(H,35,37)(H,36,39). The monoisotopic (exact) mass is 618 g/mol. The van der Waals surface area contributed by atoms with Crippen molar-refractivity contribution in [2.45, 2.75) is 32.3 Å². The summed E-state index contributed by atoms with van der Waals surface area (Å²) in [5, 5.41) is 10.3. The second-order valence-corrected chi connectivity index (χ2v) is 10.1. The third kappa shape index (κ3) is 8.77. The number of carbonyl (C=O) groups is 3. The lowest BCUT2D eigenvalue weighted by atomic mass is 10.1. The van der Waals surface area contributed by atoms with Crippen molar-refractivity contribution in [1.82, 2.24) is 10.3 Å². The zero-order valence-corrected chi connectivity index (χ0v) is 24.1. The van der Waals surface area contributed by atoms with Crippen LogP contribution < -0.4 is 16.0 Å². The van der Waals surface area contributed by atoms with Crippen LogP contribution in [0.15, 0.2) is 89.5 Å². The number of anilines is 2. The van der Waals surface area contributed by atoms with Crippen molar-refractivity contribution in [2.24, 2.45) is 0 Å². The summed E-state index contributed by atoms with van der Waals surface area (Å²) in [5.41, 5.74) is 2.37. The zero-order chi connectivity index (χ0) is 29.0. The Morgan fingerprint density at radius 1 is 0.854 bits per heavy atom. The smallest absolute Gasteiger partial charge is 0.411 e. The van der Waals surface area contributed by atoms with Gasteiger partial charge in [-0.15, -0.1) is 0 Å². The first-order valence-electron chi connectivity index (χ1n) is 13.3. The molecule has 1 aromatic heterocycles. The Bertz CT molecular complexity index is 1490. The quantitative estimate of drug-likeness (QED) is 0.150. The minimum atomic E-state index is -0.521. The summed E-state index contributed by atoms with van der Waals surface area (Å²) in [6.07, 6.45) is 2.21. The molecule has 0 saturated heterocycles. The number of pyridine rings is 1. The maximum absolute atomic E-state index is 12.4. The fourth-order valence-corrected chi connectivity index (χ4v) is 4.57. The molecule has 1 unspecified atom stereocenters. The predicted octanol–water partition coefficient (Wildman–Crippen LogP) is 7.46. The van der Waals surface area contributed by atoms with Crippen LogP contribution in [0, 0.1) is 0 Å². The number of carbonyl (C=O) groups excluding carboxylic acids is 3. The van der Waals surface area contributed by atoms with Crippen LogP contribution in [-0.2, 0) is 9.47 Å². The highest BCUT2D eigenvalue weighted by Crippen LogP contribution is 2.28. The highest BCUT2D eigenvalue weighted by Gasteiger charge is 2.15. The SMILES string of the molecule is CC(OC(=O)NCCCCCOC(=O)Nc1cccc2ccccc12)c1ccc(NC(=O)c2ccccn2)c(Br)c1. The molecule has 0 aliphatic heterocycles. The van der Waals surface area contributed by atoms with E-state index in [1.54, 1.807) is 49.5 Å². The molecule has 0 spiro atoms. The van der Waals surface area contributed by atoms with Gasteiger partial charge < -0.3 is 20.1 Å². The summed E-state index contributed by atoms with van der Waals surface area (Å²) in [6, 6.07) is 24.0. The molecule has 3 N–H and O–H groups in total. The fourth-order valence-electron chi connectivity index (χ4n) is 4.08. The van der Waals surface area contributed by atoms with Crippen molar-refractivity contribution in [3.8, 4) is 0 Å². The van der Waals surface area contributed by atoms with Crippen molar-refractivity contribution in [3.05, 3.63) is 101 Å². The normalized spacial score (nSPS) is 11.4. The zero-order valence-electron chi connectivity index (χ0n) is 22.6. The van der Waals surface area contributed by atoms with E-state index < -0.39 is 18.3 Å². The number of rotatable bonds is 11. The lowest BCUT2D eigenvalue weighted by Crippen LogP contribution is -2.26. The summed E-state index contributed by atoms with van der Waals surface area (Å²) in [7, 11) is 0. The van der Waals surface area contributed by atoms with Gasteiger partial charge in [0.15, 0.2) is 0 Å². The minimum absolute atomic E-state index is 0.283. The van der Waals surface area contributed by atoms with E-state index in [1.807, 2.05) is 42.5 Å². The largest absolute Gasteiger partial charge is 0.449 e. The molecule has 212 valence electrons. The maximum Gasteiger partial charge on any atom is 0.411 e. The molecule has 3 amide bonds. The first-order chi connectivity index (χ1) is 19.9. The summed E-state index contributed by atoms with van der Waals surface area (Å²) in [5.74, 6) is -0.321. The molecular formula is C31H31BrN4O5. The van der Waals surface area contributed by atoms with Gasteiger partial charge in [-0.3, -0.25) is 15.1 Å². The second kappa shape index (κ2) is 14.8. The number of hydrogen-bond donors (Lipinski definition) is 3. The molecule has 1 atom stereocenters. The Kier molecular flexibility index (Phi) is 10.7. The van der Waals surface area contributed by atoms with E-state index in [0.717, 1.165) is 22.8 Å². The minimum Gasteiger partial charge on any atom is -0.449 e. The summed E-state index contributed by atoms with van der Waals surface area (Å²) >= 11 is 3.46. The van der Waals surface area contributed by atoms with Crippen molar-refractivity contribution >= 4 is 56.2 Å². The number of nitrogens with zero attached hydrogens (tertiary/aromatic N) is 1. The van der Waals surface area contributed by atoms with Crippen LogP contribution in [-0.4, -0.2) is 36.2 Å². The van der Waals surface area contributed by atoms with Gasteiger partial charge in [-0.05, 0) is 83.4 Å². The summed E-state index contributed by atoms with van der Waals surface area (Å²) in [6.45, 7) is 2.50. The van der Waals surface area contributed by atoms with E-state index in [-0.39, 0.29) is 12.5 Å². The van der Waals surface area contributed by atoms with Crippen molar-refractivity contribution in [3.63, 3.8) is 0 Å². The molecule has 9 nitrogen and oxygen atoms in total. The van der Waals surface area contributed by atoms with Gasteiger partial charge in [-0.1, -0.05) is 48.5 Å². The lowest BCUT2D eigenvalue weighted by Gasteiger charge is -2.16. The van der Waals surface area contributed by atoms with Gasteiger partial charge in [0.1, 0.15) is 11.8 Å². The Labute approximate surface area is 246 Å². The maximum atomic E-state index is 12.4. The number of ether oxygens (including phenoxy) is 2. The number of aromatic nitrogens is 1. The van der Waals surface area contributed by atoms with E-state index in [1.165, 1.54) is 0 Å². The van der Waals surface area contributed by atoms with E-state index >= 15 is 0 Å². The second-order valence-electron chi connectivity index (χ2n) is 9.23. The van der Waals surface area contributed by atoms with E-state index in [9.17, 15) is 14.4 Å². The molecule has 0 aliphatic rings. The molecule has 0 radical (unpaired) electrons. The molecule has 3 aromatic carbocycles. The van der Waals surface area contributed by atoms with E-state index in [0.29, 0.717) is 40.9 Å². The molecule has 0 fully saturated rings. The number of fused-ring (bicyclic) bond motifs is 1. The molecule has 0 aliphatic carbocycles. The lowest BCUT2D eigenvalue weighted by molar-refractivity contribution is 0.102. The Hall–Kier alpha value is -4.44. The van der Waals surface area contributed by atoms with Crippen molar-refractivity contribution in [2.75, 3.05) is 23.8 Å². The number of nitrogens with one attached hydrogen (secondary N) is 3. The predicted molar refractivity (Wildman–Crippen MR) is 162 cm³/mol. The van der Waals surface area contributed by atoms with Gasteiger partial charge >= 0.3 is 12.2 Å². The Morgan fingerprint density at radius 3 is 2.46 bits per heavy atom. The third-order valence-corrected chi connectivity index (χ3v) is 6.90. The van der Waals surface area contributed by atoms with Crippen LogP contribution in [0.25, 0.3) is 10.8 Å². The summed E-state index contributed by atoms with van der Waals surface area (Å²) < 4.78 is 11.4. The van der Waals surface area contributed by atoms with E-state index in [2.05, 4.69) is 36.9 Å². The van der Waals surface area contributed by atoms with Gasteiger partial charge in [0.2, 0.25) is 0 Å². The molecular weight excluding hydrogens is 588 g/mol. The van der Waals surface area contributed by atoms with Gasteiger partial charge in [-0.25, -0.2) is 9.59 Å².